The zero-order valence-corrected chi connectivity index (χ0v) is 21.6. The lowest BCUT2D eigenvalue weighted by Crippen LogP contribution is -2.46. The smallest absolute Gasteiger partial charge is 0.394 e. The molecule has 1 fully saturated rings. The van der Waals surface area contributed by atoms with Crippen LogP contribution < -0.4 is 5.73 Å². The number of nitrogens with two attached hydrogens (primary N) is 1. The molecule has 0 bridgehead atoms. The Kier molecular flexibility index (Phi) is 12.6. The molecule has 0 saturated carbocycles. The lowest BCUT2D eigenvalue weighted by atomic mass is 10.0. The molecule has 1 aliphatic heterocycles. The number of azide groups is 1. The number of rotatable bonds is 12. The third-order valence-corrected chi connectivity index (χ3v) is 6.57. The molecule has 24 heteroatoms. The molecule has 1 aliphatic rings. The Morgan fingerprint density at radius 3 is 2.48 bits per heavy atom. The van der Waals surface area contributed by atoms with Crippen LogP contribution in [0, 0.1) is 0 Å². The Bertz CT molecular complexity index is 1250. The molecule has 22 nitrogen and oxygen atoms in total. The fourth-order valence-electron chi connectivity index (χ4n) is 3.17. The number of hydrogen-bond acceptors (Lipinski definition) is 18. The fourth-order valence-corrected chi connectivity index (χ4v) is 4.09. The summed E-state index contributed by atoms with van der Waals surface area (Å²) in [7, 11) is -6.10. The van der Waals surface area contributed by atoms with E-state index < -0.39 is 78.7 Å². The van der Waals surface area contributed by atoms with Crippen molar-refractivity contribution in [3.63, 3.8) is 0 Å². The second-order valence-electron chi connectivity index (χ2n) is 7.65. The van der Waals surface area contributed by atoms with Crippen LogP contribution in [0.5, 0.6) is 0 Å². The van der Waals surface area contributed by atoms with Crippen LogP contribution in [0.3, 0.4) is 0 Å². The number of nitrogen functional groups attached to an aromatic ring is 1. The van der Waals surface area contributed by atoms with E-state index in [1.807, 2.05) is 0 Å². The Morgan fingerprint density at radius 1 is 1.23 bits per heavy atom. The van der Waals surface area contributed by atoms with Crippen LogP contribution in [0.2, 0.25) is 0 Å². The van der Waals surface area contributed by atoms with Crippen molar-refractivity contribution in [2.75, 3.05) is 18.9 Å². The number of carbonyl (C=O) groups is 1. The van der Waals surface area contributed by atoms with Crippen LogP contribution in [-0.2, 0) is 27.5 Å². The zero-order valence-electron chi connectivity index (χ0n) is 19.8. The van der Waals surface area contributed by atoms with E-state index in [-0.39, 0.29) is 29.2 Å². The predicted molar refractivity (Wildman–Crippen MR) is 126 cm³/mol. The monoisotopic (exact) mass is 614 g/mol. The Balaban J connectivity index is 0.000000395. The minimum Gasteiger partial charge on any atom is -0.394 e. The summed E-state index contributed by atoms with van der Waals surface area (Å²) < 4.78 is 37.1. The molecule has 0 aromatic carbocycles. The number of fused-ring (bicyclic) bond motifs is 1. The number of imidazole rings is 1. The van der Waals surface area contributed by atoms with Crippen LogP contribution >= 0.6 is 16.5 Å². The van der Waals surface area contributed by atoms with Gasteiger partial charge >= 0.3 is 16.5 Å². The van der Waals surface area contributed by atoms with E-state index in [1.54, 1.807) is 0 Å². The lowest BCUT2D eigenvalue weighted by Gasteiger charge is -2.22. The number of ether oxygens (including phenoxy) is 1. The SMILES string of the molecule is O=CC(O)C(O)C(O)C(O)CO.[N-]=[N+]=Nc1nc2c(N)ncnc2n1C1OC(CO[P+](=O)O[P+](=O)O)C(O)C1O. The summed E-state index contributed by atoms with van der Waals surface area (Å²) in [6.45, 7) is -1.31. The molecule has 0 amide bonds. The summed E-state index contributed by atoms with van der Waals surface area (Å²) in [4.78, 5) is 32.8. The highest BCUT2D eigenvalue weighted by Gasteiger charge is 2.47. The summed E-state index contributed by atoms with van der Waals surface area (Å²) in [5.41, 5.74) is 14.6. The van der Waals surface area contributed by atoms with Crippen molar-refractivity contribution in [2.45, 2.75) is 49.0 Å². The molecule has 0 radical (unpaired) electrons. The van der Waals surface area contributed by atoms with E-state index in [4.69, 9.17) is 51.0 Å². The molecule has 2 aromatic heterocycles. The first kappa shape index (κ1) is 33.3. The van der Waals surface area contributed by atoms with Crippen molar-refractivity contribution >= 4 is 45.7 Å². The van der Waals surface area contributed by atoms with Gasteiger partial charge in [-0.15, -0.1) is 9.42 Å². The molecule has 220 valence electrons. The van der Waals surface area contributed by atoms with Gasteiger partial charge in [0.1, 0.15) is 55.7 Å². The van der Waals surface area contributed by atoms with E-state index >= 15 is 0 Å². The van der Waals surface area contributed by atoms with Gasteiger partial charge in [0.15, 0.2) is 33.8 Å². The Morgan fingerprint density at radius 2 is 1.90 bits per heavy atom. The molecule has 0 aliphatic carbocycles. The highest BCUT2D eigenvalue weighted by Crippen LogP contribution is 2.39. The molecule has 1 saturated heterocycles. The molecule has 10 unspecified atom stereocenters. The maximum Gasteiger partial charge on any atom is 0.747 e. The quantitative estimate of drug-likeness (QED) is 0.0376. The van der Waals surface area contributed by atoms with Crippen LogP contribution in [0.25, 0.3) is 21.6 Å². The van der Waals surface area contributed by atoms with Crippen molar-refractivity contribution in [2.24, 2.45) is 5.11 Å². The van der Waals surface area contributed by atoms with Gasteiger partial charge in [-0.05, 0) is 10.6 Å². The van der Waals surface area contributed by atoms with Crippen LogP contribution in [-0.4, -0.2) is 122 Å². The second kappa shape index (κ2) is 15.2. The summed E-state index contributed by atoms with van der Waals surface area (Å²) in [6.07, 6.45) is -11.3. The molecule has 2 aromatic rings. The number of hydrogen-bond donors (Lipinski definition) is 9. The van der Waals surface area contributed by atoms with E-state index in [2.05, 4.69) is 29.3 Å². The van der Waals surface area contributed by atoms with Gasteiger partial charge in [-0.2, -0.15) is 0 Å². The maximum absolute atomic E-state index is 11.3. The Labute approximate surface area is 223 Å². The number of aldehydes is 1. The van der Waals surface area contributed by atoms with Crippen LogP contribution in [0.15, 0.2) is 11.4 Å². The third-order valence-electron chi connectivity index (χ3n) is 5.11. The van der Waals surface area contributed by atoms with Gasteiger partial charge in [0.05, 0.1) is 6.61 Å². The highest BCUT2D eigenvalue weighted by molar-refractivity contribution is 7.47. The number of carbonyl (C=O) groups excluding carboxylic acids is 1. The van der Waals surface area contributed by atoms with Gasteiger partial charge in [-0.3, -0.25) is 4.57 Å². The average molecular weight is 614 g/mol. The molecule has 3 heterocycles. The van der Waals surface area contributed by atoms with E-state index in [0.29, 0.717) is 0 Å². The number of aromatic nitrogens is 4. The van der Waals surface area contributed by atoms with Crippen molar-refractivity contribution in [1.82, 2.24) is 19.5 Å². The summed E-state index contributed by atoms with van der Waals surface area (Å²) in [5.74, 6) is -0.271. The van der Waals surface area contributed by atoms with E-state index in [0.717, 1.165) is 10.9 Å². The highest BCUT2D eigenvalue weighted by atomic mass is 31.2. The molecule has 10 atom stereocenters. The van der Waals surface area contributed by atoms with Crippen LogP contribution in [0.4, 0.5) is 11.8 Å². The molecular formula is C16H24N8O14P2+2. The molecule has 0 spiro atoms. The average Bonchev–Trinajstić information content (AvgIpc) is 3.42. The molecule has 40 heavy (non-hydrogen) atoms. The Hall–Kier alpha value is -2.91. The number of aliphatic hydroxyl groups excluding tert-OH is 7. The minimum absolute atomic E-state index is 0.0154. The topological polar surface area (TPSA) is 359 Å². The van der Waals surface area contributed by atoms with Gasteiger partial charge in [0, 0.05) is 14.0 Å². The zero-order chi connectivity index (χ0) is 30.1. The van der Waals surface area contributed by atoms with E-state index in [9.17, 15) is 24.1 Å². The summed E-state index contributed by atoms with van der Waals surface area (Å²) in [6, 6.07) is 0. The number of nitrogens with zero attached hydrogens (tertiary/aromatic N) is 7. The van der Waals surface area contributed by atoms with Gasteiger partial charge in [-0.25, -0.2) is 15.0 Å². The molecule has 3 rings (SSSR count). The first-order chi connectivity index (χ1) is 18.9. The van der Waals surface area contributed by atoms with Gasteiger partial charge < -0.3 is 51.0 Å². The van der Waals surface area contributed by atoms with Crippen molar-refractivity contribution in [1.29, 1.82) is 0 Å². The summed E-state index contributed by atoms with van der Waals surface area (Å²) >= 11 is 0. The second-order valence-corrected chi connectivity index (χ2v) is 9.48. The van der Waals surface area contributed by atoms with Gasteiger partial charge in [-0.1, -0.05) is 0 Å². The first-order valence-corrected chi connectivity index (χ1v) is 12.9. The first-order valence-electron chi connectivity index (χ1n) is 10.7. The minimum atomic E-state index is -3.15. The summed E-state index contributed by atoms with van der Waals surface area (Å²) in [5, 5.41) is 67.5. The maximum atomic E-state index is 11.3. The van der Waals surface area contributed by atoms with Crippen LogP contribution in [0.1, 0.15) is 6.23 Å². The van der Waals surface area contributed by atoms with Crippen molar-refractivity contribution in [3.8, 4) is 0 Å². The predicted octanol–water partition coefficient (Wildman–Crippen LogP) is -3.07. The van der Waals surface area contributed by atoms with Crippen molar-refractivity contribution in [3.05, 3.63) is 16.8 Å². The molecule has 10 N–H and O–H groups in total. The lowest BCUT2D eigenvalue weighted by molar-refractivity contribution is -0.136. The largest absolute Gasteiger partial charge is 0.747 e. The number of anilines is 1. The normalized spacial score (nSPS) is 24.2. The van der Waals surface area contributed by atoms with Gasteiger partial charge in [0.25, 0.3) is 0 Å². The van der Waals surface area contributed by atoms with Crippen molar-refractivity contribution < 1.29 is 68.1 Å². The fraction of sp³-hybridized carbons (Fsp3) is 0.625. The van der Waals surface area contributed by atoms with E-state index in [1.165, 1.54) is 0 Å². The number of aliphatic hydroxyl groups is 7. The third kappa shape index (κ3) is 8.07. The molecular weight excluding hydrogens is 590 g/mol. The standard InChI is InChI=1S/C10H11N8O8P2.C6H12O6/c11-7-4-8(14-2-13-7)18(10(15-4)16-17-12)9-6(20)5(19)3(25-9)1-24-28(23)26-27(21)22;7-1-3(9)5(11)6(12)4(10)2-8/h2-3,5-6,9,19-20H,1H2,(H2-,11,13,14,21,22);1,3-6,8-12H,2H2/q+1;/p+1. The van der Waals surface area contributed by atoms with Gasteiger partial charge in [0.2, 0.25) is 5.95 Å².